The lowest BCUT2D eigenvalue weighted by Gasteiger charge is -2.32. The predicted octanol–water partition coefficient (Wildman–Crippen LogP) is 0.531. The third-order valence-electron chi connectivity index (χ3n) is 3.82. The highest BCUT2D eigenvalue weighted by Gasteiger charge is 2.23. The van der Waals surface area contributed by atoms with Gasteiger partial charge in [0, 0.05) is 19.2 Å². The summed E-state index contributed by atoms with van der Waals surface area (Å²) in [7, 11) is 0. The molecule has 1 aliphatic heterocycles. The van der Waals surface area contributed by atoms with Crippen LogP contribution in [-0.2, 0) is 16.1 Å². The summed E-state index contributed by atoms with van der Waals surface area (Å²) in [5.74, 6) is 1.86. The molecular weight excluding hydrogens is 312 g/mol. The maximum Gasteiger partial charge on any atom is 0.240 e. The normalized spacial score (nSPS) is 18.7. The number of carbonyl (C=O) groups excluding carboxylic acids is 1. The Labute approximate surface area is 140 Å². The lowest BCUT2D eigenvalue weighted by Crippen LogP contribution is -2.47. The average Bonchev–Trinajstić information content (AvgIpc) is 3.05. The quantitative estimate of drug-likeness (QED) is 0.851. The first kappa shape index (κ1) is 16.6. The highest BCUT2D eigenvalue weighted by Crippen LogP contribution is 2.11. The maximum absolute atomic E-state index is 12.1. The van der Waals surface area contributed by atoms with Crippen LogP contribution in [0.25, 0.3) is 0 Å². The number of anilines is 1. The molecule has 1 amide bonds. The van der Waals surface area contributed by atoms with Crippen molar-refractivity contribution in [3.05, 3.63) is 23.4 Å². The van der Waals surface area contributed by atoms with Gasteiger partial charge in [0.05, 0.1) is 31.5 Å². The van der Waals surface area contributed by atoms with Crippen LogP contribution in [0.1, 0.15) is 17.3 Å². The van der Waals surface area contributed by atoms with Crippen LogP contribution in [0.4, 0.5) is 5.88 Å². The van der Waals surface area contributed by atoms with Crippen LogP contribution >= 0.6 is 0 Å². The van der Waals surface area contributed by atoms with E-state index in [2.05, 4.69) is 25.5 Å². The molecule has 1 N–H and O–H groups in total. The fourth-order valence-electron chi connectivity index (χ4n) is 2.76. The number of nitrogens with one attached hydrogen (secondary N) is 1. The summed E-state index contributed by atoms with van der Waals surface area (Å²) in [5.41, 5.74) is 0.732. The van der Waals surface area contributed by atoms with Gasteiger partial charge in [0.2, 0.25) is 11.8 Å². The largest absolute Gasteiger partial charge is 0.374 e. The van der Waals surface area contributed by atoms with E-state index in [9.17, 15) is 4.79 Å². The van der Waals surface area contributed by atoms with Gasteiger partial charge >= 0.3 is 0 Å². The van der Waals surface area contributed by atoms with Crippen molar-refractivity contribution in [2.24, 2.45) is 0 Å². The molecule has 130 valence electrons. The van der Waals surface area contributed by atoms with E-state index in [-0.39, 0.29) is 18.6 Å². The molecule has 2 aromatic rings. The van der Waals surface area contributed by atoms with Crippen molar-refractivity contribution >= 4 is 11.8 Å². The topological polar surface area (TPSA) is 98.3 Å². The van der Waals surface area contributed by atoms with E-state index in [4.69, 9.17) is 9.26 Å². The Balaban J connectivity index is 1.51. The van der Waals surface area contributed by atoms with Gasteiger partial charge in [-0.15, -0.1) is 0 Å². The minimum atomic E-state index is -0.125. The van der Waals surface area contributed by atoms with E-state index < -0.39 is 0 Å². The number of rotatable bonds is 5. The van der Waals surface area contributed by atoms with Crippen molar-refractivity contribution in [1.82, 2.24) is 24.8 Å². The lowest BCUT2D eigenvalue weighted by molar-refractivity contribution is -0.119. The standard InChI is InChI=1S/C15H22N6O3/c1-10-6-15(24-19-10)17-14(22)9-20-4-5-23-13(7-20)8-21-12(3)16-11(2)18-21/h6,13H,4-5,7-9H2,1-3H3,(H,17,22). The molecule has 0 bridgehead atoms. The molecule has 3 rings (SSSR count). The Bertz CT molecular complexity index is 710. The summed E-state index contributed by atoms with van der Waals surface area (Å²) in [6.07, 6.45) is -0.0149. The summed E-state index contributed by atoms with van der Waals surface area (Å²) in [4.78, 5) is 18.5. The van der Waals surface area contributed by atoms with E-state index in [1.165, 1.54) is 0 Å². The first-order valence-corrected chi connectivity index (χ1v) is 7.95. The number of aromatic nitrogens is 4. The monoisotopic (exact) mass is 334 g/mol. The van der Waals surface area contributed by atoms with Crippen LogP contribution in [0.3, 0.4) is 0 Å². The number of aryl methyl sites for hydroxylation is 3. The Morgan fingerprint density at radius 1 is 1.42 bits per heavy atom. The van der Waals surface area contributed by atoms with Gasteiger partial charge in [-0.2, -0.15) is 5.10 Å². The summed E-state index contributed by atoms with van der Waals surface area (Å²) in [6.45, 7) is 8.49. The van der Waals surface area contributed by atoms with Crippen molar-refractivity contribution in [2.75, 3.05) is 31.6 Å². The van der Waals surface area contributed by atoms with Crippen molar-refractivity contribution in [3.63, 3.8) is 0 Å². The first-order valence-electron chi connectivity index (χ1n) is 7.95. The molecule has 0 aliphatic carbocycles. The number of amides is 1. The van der Waals surface area contributed by atoms with Gasteiger partial charge in [0.1, 0.15) is 11.6 Å². The molecule has 9 nitrogen and oxygen atoms in total. The molecule has 1 unspecified atom stereocenters. The Hall–Kier alpha value is -2.26. The van der Waals surface area contributed by atoms with Crippen LogP contribution < -0.4 is 5.32 Å². The van der Waals surface area contributed by atoms with Crippen molar-refractivity contribution in [3.8, 4) is 0 Å². The van der Waals surface area contributed by atoms with Gasteiger partial charge in [0.25, 0.3) is 0 Å². The second-order valence-corrected chi connectivity index (χ2v) is 6.00. The number of hydrogen-bond donors (Lipinski definition) is 1. The minimum absolute atomic E-state index is 0.0149. The molecule has 0 radical (unpaired) electrons. The molecule has 2 aromatic heterocycles. The summed E-state index contributed by atoms with van der Waals surface area (Å²) in [5, 5.41) is 10.8. The third-order valence-corrected chi connectivity index (χ3v) is 3.82. The number of ether oxygens (including phenoxy) is 1. The summed E-state index contributed by atoms with van der Waals surface area (Å²) < 4.78 is 12.6. The summed E-state index contributed by atoms with van der Waals surface area (Å²) in [6, 6.07) is 1.69. The van der Waals surface area contributed by atoms with E-state index in [0.717, 1.165) is 17.3 Å². The van der Waals surface area contributed by atoms with Crippen molar-refractivity contribution in [2.45, 2.75) is 33.4 Å². The van der Waals surface area contributed by atoms with Crippen LogP contribution in [0, 0.1) is 20.8 Å². The fraction of sp³-hybridized carbons (Fsp3) is 0.600. The molecule has 1 saturated heterocycles. The smallest absolute Gasteiger partial charge is 0.240 e. The molecule has 0 saturated carbocycles. The van der Waals surface area contributed by atoms with Gasteiger partial charge in [-0.05, 0) is 20.8 Å². The SMILES string of the molecule is Cc1cc(NC(=O)CN2CCOC(Cn3nc(C)nc3C)C2)on1. The maximum atomic E-state index is 12.1. The van der Waals surface area contributed by atoms with Gasteiger partial charge in [-0.1, -0.05) is 5.16 Å². The number of hydrogen-bond acceptors (Lipinski definition) is 7. The van der Waals surface area contributed by atoms with E-state index in [0.29, 0.717) is 32.1 Å². The van der Waals surface area contributed by atoms with E-state index in [1.807, 2.05) is 18.5 Å². The first-order chi connectivity index (χ1) is 11.5. The van der Waals surface area contributed by atoms with Crippen LogP contribution in [0.5, 0.6) is 0 Å². The number of morpholine rings is 1. The Morgan fingerprint density at radius 3 is 2.92 bits per heavy atom. The molecule has 0 spiro atoms. The average molecular weight is 334 g/mol. The van der Waals surface area contributed by atoms with Gasteiger partial charge in [0.15, 0.2) is 0 Å². The van der Waals surface area contributed by atoms with Crippen LogP contribution in [-0.4, -0.2) is 63.1 Å². The van der Waals surface area contributed by atoms with E-state index >= 15 is 0 Å². The zero-order valence-corrected chi connectivity index (χ0v) is 14.2. The summed E-state index contributed by atoms with van der Waals surface area (Å²) >= 11 is 0. The Morgan fingerprint density at radius 2 is 2.25 bits per heavy atom. The Kier molecular flexibility index (Phi) is 4.91. The predicted molar refractivity (Wildman–Crippen MR) is 85.5 cm³/mol. The second-order valence-electron chi connectivity index (χ2n) is 6.00. The highest BCUT2D eigenvalue weighted by molar-refractivity contribution is 5.90. The molecule has 9 heteroatoms. The van der Waals surface area contributed by atoms with E-state index in [1.54, 1.807) is 13.0 Å². The van der Waals surface area contributed by atoms with Crippen molar-refractivity contribution in [1.29, 1.82) is 0 Å². The van der Waals surface area contributed by atoms with Gasteiger partial charge in [-0.25, -0.2) is 9.67 Å². The minimum Gasteiger partial charge on any atom is -0.374 e. The zero-order valence-electron chi connectivity index (χ0n) is 14.2. The molecule has 1 fully saturated rings. The molecule has 0 aromatic carbocycles. The van der Waals surface area contributed by atoms with Gasteiger partial charge in [-0.3, -0.25) is 15.0 Å². The van der Waals surface area contributed by atoms with Crippen LogP contribution in [0.15, 0.2) is 10.6 Å². The lowest BCUT2D eigenvalue weighted by atomic mass is 10.2. The molecule has 24 heavy (non-hydrogen) atoms. The van der Waals surface area contributed by atoms with Crippen LogP contribution in [0.2, 0.25) is 0 Å². The molecule has 1 aliphatic rings. The molecular formula is C15H22N6O3. The zero-order chi connectivity index (χ0) is 17.1. The molecule has 3 heterocycles. The number of carbonyl (C=O) groups is 1. The number of nitrogens with zero attached hydrogens (tertiary/aromatic N) is 5. The fourth-order valence-corrected chi connectivity index (χ4v) is 2.76. The highest BCUT2D eigenvalue weighted by atomic mass is 16.5. The van der Waals surface area contributed by atoms with Crippen molar-refractivity contribution < 1.29 is 14.1 Å². The second kappa shape index (κ2) is 7.10. The molecule has 1 atom stereocenters. The third kappa shape index (κ3) is 4.18. The van der Waals surface area contributed by atoms with Gasteiger partial charge < -0.3 is 9.26 Å².